The van der Waals surface area contributed by atoms with Crippen molar-refractivity contribution in [1.82, 2.24) is 0 Å². The number of nitrogens with zero attached hydrogens (tertiary/aromatic N) is 1. The summed E-state index contributed by atoms with van der Waals surface area (Å²) in [6.07, 6.45) is 2.96. The fourth-order valence-electron chi connectivity index (χ4n) is 2.62. The Morgan fingerprint density at radius 3 is 2.54 bits per heavy atom. The first kappa shape index (κ1) is 18.1. The van der Waals surface area contributed by atoms with E-state index >= 15 is 0 Å². The molecule has 0 radical (unpaired) electrons. The van der Waals surface area contributed by atoms with Crippen LogP contribution in [0, 0.1) is 0 Å². The minimum atomic E-state index is -3.66. The Hall–Kier alpha value is -2.67. The van der Waals surface area contributed by atoms with Gasteiger partial charge in [0.05, 0.1) is 12.2 Å². The van der Waals surface area contributed by atoms with E-state index in [1.165, 1.54) is 6.07 Å². The number of sulfonamides is 1. The van der Waals surface area contributed by atoms with Crippen molar-refractivity contribution in [3.63, 3.8) is 0 Å². The lowest BCUT2D eigenvalue weighted by molar-refractivity contribution is 0.0498. The van der Waals surface area contributed by atoms with Crippen molar-refractivity contribution in [1.29, 1.82) is 0 Å². The van der Waals surface area contributed by atoms with Crippen LogP contribution in [0.2, 0.25) is 0 Å². The zero-order valence-electron chi connectivity index (χ0n) is 14.4. The first-order chi connectivity index (χ1) is 12.5. The van der Waals surface area contributed by atoms with Crippen molar-refractivity contribution in [2.75, 3.05) is 11.9 Å². The molecule has 0 fully saturated rings. The largest absolute Gasteiger partial charge is 0.462 e. The summed E-state index contributed by atoms with van der Waals surface area (Å²) in [5.41, 5.74) is 1.62. The highest BCUT2D eigenvalue weighted by molar-refractivity contribution is 7.90. The number of amidine groups is 1. The molecular weight excluding hydrogens is 352 g/mol. The molecular formula is C19H20N2O4S. The van der Waals surface area contributed by atoms with Crippen LogP contribution in [0.4, 0.5) is 5.69 Å². The summed E-state index contributed by atoms with van der Waals surface area (Å²) in [6, 6.07) is 13.3. The lowest BCUT2D eigenvalue weighted by Crippen LogP contribution is -2.12. The van der Waals surface area contributed by atoms with Crippen LogP contribution in [0.3, 0.4) is 0 Å². The number of hydrogen-bond donors (Lipinski definition) is 1. The lowest BCUT2D eigenvalue weighted by atomic mass is 10.1. The van der Waals surface area contributed by atoms with Crippen molar-refractivity contribution in [2.45, 2.75) is 31.1 Å². The van der Waals surface area contributed by atoms with Gasteiger partial charge in [-0.05, 0) is 42.8 Å². The normalized spacial score (nSPS) is 14.4. The zero-order valence-corrected chi connectivity index (χ0v) is 15.3. The Bertz CT molecular complexity index is 934. The first-order valence-electron chi connectivity index (χ1n) is 8.50. The highest BCUT2D eigenvalue weighted by atomic mass is 32.2. The van der Waals surface area contributed by atoms with E-state index in [9.17, 15) is 13.2 Å². The molecule has 1 aliphatic heterocycles. The fourth-order valence-corrected chi connectivity index (χ4v) is 3.80. The zero-order chi connectivity index (χ0) is 18.6. The number of fused-ring (bicyclic) bond motifs is 1. The van der Waals surface area contributed by atoms with Crippen LogP contribution < -0.4 is 5.32 Å². The van der Waals surface area contributed by atoms with E-state index in [0.717, 1.165) is 19.3 Å². The first-order valence-corrected chi connectivity index (χ1v) is 9.94. The number of nitrogens with one attached hydrogen (secondary N) is 1. The van der Waals surface area contributed by atoms with Gasteiger partial charge in [-0.3, -0.25) is 0 Å². The van der Waals surface area contributed by atoms with Gasteiger partial charge in [0.25, 0.3) is 10.0 Å². The Balaban J connectivity index is 1.68. The standard InChI is InChI=1S/C19H20N2O4S/c1-2-3-6-13-25-19(22)14-9-11-15(12-10-14)20-18-16-7-4-5-8-17(16)26(23,24)21-18/h4-5,7-12H,2-3,6,13H2,1H3,(H,20,21). The number of ether oxygens (including phenoxy) is 1. The van der Waals surface area contributed by atoms with Crippen molar-refractivity contribution >= 4 is 27.5 Å². The quantitative estimate of drug-likeness (QED) is 0.619. The Morgan fingerprint density at radius 1 is 1.08 bits per heavy atom. The summed E-state index contributed by atoms with van der Waals surface area (Å²) in [7, 11) is -3.66. The van der Waals surface area contributed by atoms with Gasteiger partial charge in [0.15, 0.2) is 5.84 Å². The molecule has 0 saturated carbocycles. The highest BCUT2D eigenvalue weighted by Crippen LogP contribution is 2.26. The molecule has 6 nitrogen and oxygen atoms in total. The van der Waals surface area contributed by atoms with Crippen LogP contribution in [-0.4, -0.2) is 26.8 Å². The second kappa shape index (κ2) is 7.70. The molecule has 1 heterocycles. The van der Waals surface area contributed by atoms with Crippen LogP contribution in [0.25, 0.3) is 0 Å². The monoisotopic (exact) mass is 372 g/mol. The Kier molecular flexibility index (Phi) is 5.37. The molecule has 136 valence electrons. The minimum absolute atomic E-state index is 0.190. The van der Waals surface area contributed by atoms with E-state index < -0.39 is 10.0 Å². The topological polar surface area (TPSA) is 84.8 Å². The molecule has 0 atom stereocenters. The summed E-state index contributed by atoms with van der Waals surface area (Å²) < 4.78 is 33.1. The van der Waals surface area contributed by atoms with Crippen LogP contribution in [0.15, 0.2) is 57.8 Å². The molecule has 0 bridgehead atoms. The number of anilines is 1. The molecule has 1 N–H and O–H groups in total. The average Bonchev–Trinajstić information content (AvgIpc) is 2.90. The number of carbonyl (C=O) groups excluding carboxylic acids is 1. The molecule has 0 amide bonds. The van der Waals surface area contributed by atoms with Gasteiger partial charge >= 0.3 is 5.97 Å². The third-order valence-electron chi connectivity index (χ3n) is 4.00. The van der Waals surface area contributed by atoms with Crippen molar-refractivity contribution in [2.24, 2.45) is 4.40 Å². The smallest absolute Gasteiger partial charge is 0.338 e. The average molecular weight is 372 g/mol. The molecule has 7 heteroatoms. The van der Waals surface area contributed by atoms with Crippen LogP contribution in [0.1, 0.15) is 42.1 Å². The summed E-state index contributed by atoms with van der Waals surface area (Å²) >= 11 is 0. The molecule has 3 rings (SSSR count). The third-order valence-corrected chi connectivity index (χ3v) is 5.33. The summed E-state index contributed by atoms with van der Waals surface area (Å²) in [5, 5.41) is 3.00. The van der Waals surface area contributed by atoms with Crippen molar-refractivity contribution < 1.29 is 17.9 Å². The SMILES string of the molecule is CCCCCOC(=O)c1ccc(NC2=NS(=O)(=O)c3ccccc32)cc1. The van der Waals surface area contributed by atoms with Crippen LogP contribution in [0.5, 0.6) is 0 Å². The summed E-state index contributed by atoms with van der Waals surface area (Å²) in [6.45, 7) is 2.50. The van der Waals surface area contributed by atoms with E-state index in [-0.39, 0.29) is 16.7 Å². The van der Waals surface area contributed by atoms with Crippen molar-refractivity contribution in [3.8, 4) is 0 Å². The minimum Gasteiger partial charge on any atom is -0.462 e. The third kappa shape index (κ3) is 3.94. The second-order valence-electron chi connectivity index (χ2n) is 5.96. The van der Waals surface area contributed by atoms with E-state index in [0.29, 0.717) is 23.4 Å². The molecule has 1 aliphatic rings. The van der Waals surface area contributed by atoms with Gasteiger partial charge < -0.3 is 10.1 Å². The van der Waals surface area contributed by atoms with Gasteiger partial charge in [0.1, 0.15) is 4.90 Å². The highest BCUT2D eigenvalue weighted by Gasteiger charge is 2.28. The molecule has 2 aromatic rings. The lowest BCUT2D eigenvalue weighted by Gasteiger charge is -2.08. The summed E-state index contributed by atoms with van der Waals surface area (Å²) in [4.78, 5) is 12.2. The molecule has 0 aromatic heterocycles. The van der Waals surface area contributed by atoms with Gasteiger partial charge in [0.2, 0.25) is 0 Å². The molecule has 26 heavy (non-hydrogen) atoms. The van der Waals surface area contributed by atoms with E-state index in [1.807, 2.05) is 0 Å². The number of unbranched alkanes of at least 4 members (excludes halogenated alkanes) is 2. The predicted octanol–water partition coefficient (Wildman–Crippen LogP) is 3.59. The number of carbonyl (C=O) groups is 1. The molecule has 2 aromatic carbocycles. The van der Waals surface area contributed by atoms with Crippen molar-refractivity contribution in [3.05, 3.63) is 59.7 Å². The van der Waals surface area contributed by atoms with Gasteiger partial charge in [0, 0.05) is 11.3 Å². The maximum Gasteiger partial charge on any atom is 0.338 e. The maximum atomic E-state index is 12.1. The molecule has 0 aliphatic carbocycles. The fraction of sp³-hybridized carbons (Fsp3) is 0.263. The van der Waals surface area contributed by atoms with Crippen LogP contribution in [-0.2, 0) is 14.8 Å². The van der Waals surface area contributed by atoms with Gasteiger partial charge in [-0.25, -0.2) is 4.79 Å². The van der Waals surface area contributed by atoms with Crippen LogP contribution >= 0.6 is 0 Å². The van der Waals surface area contributed by atoms with E-state index in [4.69, 9.17) is 4.74 Å². The molecule has 0 spiro atoms. The number of hydrogen-bond acceptors (Lipinski definition) is 5. The molecule has 0 unspecified atom stereocenters. The van der Waals surface area contributed by atoms with Gasteiger partial charge in [-0.2, -0.15) is 8.42 Å². The van der Waals surface area contributed by atoms with Gasteiger partial charge in [-0.15, -0.1) is 4.40 Å². The molecule has 0 saturated heterocycles. The summed E-state index contributed by atoms with van der Waals surface area (Å²) in [5.74, 6) is -0.0886. The van der Waals surface area contributed by atoms with E-state index in [2.05, 4.69) is 16.6 Å². The predicted molar refractivity (Wildman–Crippen MR) is 100 cm³/mol. The van der Waals surface area contributed by atoms with Gasteiger partial charge in [-0.1, -0.05) is 31.9 Å². The Labute approximate surface area is 153 Å². The van der Waals surface area contributed by atoms with E-state index in [1.54, 1.807) is 42.5 Å². The Morgan fingerprint density at radius 2 is 1.81 bits per heavy atom. The number of benzene rings is 2. The second-order valence-corrected chi connectivity index (χ2v) is 7.53. The number of esters is 1. The number of rotatable bonds is 6. The maximum absolute atomic E-state index is 12.1.